The molecular formula is C16H13N3O2S. The maximum absolute atomic E-state index is 12.4. The molecule has 0 radical (unpaired) electrons. The van der Waals surface area contributed by atoms with E-state index in [0.29, 0.717) is 11.1 Å². The molecule has 0 N–H and O–H groups in total. The second kappa shape index (κ2) is 6.40. The highest BCUT2D eigenvalue weighted by Crippen LogP contribution is 2.17. The zero-order valence-corrected chi connectivity index (χ0v) is 12.7. The molecule has 0 amide bonds. The Kier molecular flexibility index (Phi) is 4.57. The molecule has 0 bridgehead atoms. The van der Waals surface area contributed by atoms with Crippen LogP contribution in [0.2, 0.25) is 0 Å². The first kappa shape index (κ1) is 15.7. The summed E-state index contributed by atoms with van der Waals surface area (Å²) in [5, 5.41) is 17.5. The fourth-order valence-electron chi connectivity index (χ4n) is 1.91. The second-order valence-corrected chi connectivity index (χ2v) is 6.75. The molecule has 110 valence electrons. The highest BCUT2D eigenvalue weighted by Gasteiger charge is 2.20. The van der Waals surface area contributed by atoms with Gasteiger partial charge in [-0.1, -0.05) is 12.1 Å². The predicted octanol–water partition coefficient (Wildman–Crippen LogP) is 2.25. The molecule has 0 atom stereocenters. The maximum Gasteiger partial charge on any atom is 0.243 e. The van der Waals surface area contributed by atoms with E-state index in [1.54, 1.807) is 24.3 Å². The smallest absolute Gasteiger partial charge is 0.207 e. The first-order valence-corrected chi connectivity index (χ1v) is 7.87. The monoisotopic (exact) mass is 311 g/mol. The standard InChI is InChI=1S/C16H13N3O2S/c1-19(12-15-4-2-13(10-17)3-5-15)22(20,21)16-8-6-14(11-18)7-9-16/h2-9H,12H2,1H3. The summed E-state index contributed by atoms with van der Waals surface area (Å²) in [6.45, 7) is 0.202. The van der Waals surface area contributed by atoms with Gasteiger partial charge in [0.25, 0.3) is 0 Å². The Labute approximate surface area is 129 Å². The van der Waals surface area contributed by atoms with E-state index in [0.717, 1.165) is 5.56 Å². The van der Waals surface area contributed by atoms with Crippen LogP contribution in [0.25, 0.3) is 0 Å². The molecule has 6 heteroatoms. The van der Waals surface area contributed by atoms with E-state index in [2.05, 4.69) is 0 Å². The van der Waals surface area contributed by atoms with Crippen molar-refractivity contribution in [3.8, 4) is 12.1 Å². The third kappa shape index (κ3) is 3.32. The van der Waals surface area contributed by atoms with Gasteiger partial charge in [-0.15, -0.1) is 0 Å². The molecule has 2 aromatic carbocycles. The van der Waals surface area contributed by atoms with E-state index in [1.165, 1.54) is 35.6 Å². The molecule has 0 saturated carbocycles. The Bertz CT molecular complexity index is 842. The molecule has 0 fully saturated rings. The van der Waals surface area contributed by atoms with Gasteiger partial charge in [0.05, 0.1) is 28.2 Å². The minimum Gasteiger partial charge on any atom is -0.207 e. The van der Waals surface area contributed by atoms with Crippen molar-refractivity contribution < 1.29 is 8.42 Å². The van der Waals surface area contributed by atoms with Crippen molar-refractivity contribution in [2.75, 3.05) is 7.05 Å². The Hall–Kier alpha value is -2.67. The summed E-state index contributed by atoms with van der Waals surface area (Å²) in [6, 6.07) is 16.5. The highest BCUT2D eigenvalue weighted by atomic mass is 32.2. The number of nitriles is 2. The lowest BCUT2D eigenvalue weighted by Gasteiger charge is -2.17. The normalized spacial score (nSPS) is 10.9. The van der Waals surface area contributed by atoms with E-state index in [1.807, 2.05) is 12.1 Å². The summed E-state index contributed by atoms with van der Waals surface area (Å²) in [5.41, 5.74) is 1.73. The number of hydrogen-bond acceptors (Lipinski definition) is 4. The van der Waals surface area contributed by atoms with Crippen LogP contribution in [0.3, 0.4) is 0 Å². The van der Waals surface area contributed by atoms with Crippen LogP contribution < -0.4 is 0 Å². The van der Waals surface area contributed by atoms with Crippen LogP contribution in [0.4, 0.5) is 0 Å². The largest absolute Gasteiger partial charge is 0.243 e. The van der Waals surface area contributed by atoms with Gasteiger partial charge in [-0.3, -0.25) is 0 Å². The van der Waals surface area contributed by atoms with Crippen molar-refractivity contribution in [3.05, 3.63) is 65.2 Å². The van der Waals surface area contributed by atoms with E-state index >= 15 is 0 Å². The van der Waals surface area contributed by atoms with Crippen LogP contribution in [-0.2, 0) is 16.6 Å². The Morgan fingerprint density at radius 3 is 1.82 bits per heavy atom. The fraction of sp³-hybridized carbons (Fsp3) is 0.125. The minimum atomic E-state index is -3.62. The lowest BCUT2D eigenvalue weighted by Crippen LogP contribution is -2.26. The SMILES string of the molecule is CN(Cc1ccc(C#N)cc1)S(=O)(=O)c1ccc(C#N)cc1. The average Bonchev–Trinajstić information content (AvgIpc) is 2.55. The third-order valence-corrected chi connectivity index (χ3v) is 5.00. The minimum absolute atomic E-state index is 0.141. The van der Waals surface area contributed by atoms with Crippen molar-refractivity contribution in [1.29, 1.82) is 10.5 Å². The average molecular weight is 311 g/mol. The molecule has 0 spiro atoms. The fourth-order valence-corrected chi connectivity index (χ4v) is 3.07. The van der Waals surface area contributed by atoms with Crippen molar-refractivity contribution in [1.82, 2.24) is 4.31 Å². The van der Waals surface area contributed by atoms with Crippen LogP contribution in [0, 0.1) is 22.7 Å². The number of rotatable bonds is 4. The number of sulfonamides is 1. The molecule has 0 saturated heterocycles. The third-order valence-electron chi connectivity index (χ3n) is 3.18. The Morgan fingerprint density at radius 1 is 0.909 bits per heavy atom. The van der Waals surface area contributed by atoms with Crippen molar-refractivity contribution in [3.63, 3.8) is 0 Å². The van der Waals surface area contributed by atoms with Gasteiger partial charge in [0, 0.05) is 13.6 Å². The van der Waals surface area contributed by atoms with Crippen molar-refractivity contribution in [2.45, 2.75) is 11.4 Å². The summed E-state index contributed by atoms with van der Waals surface area (Å²) < 4.78 is 26.1. The van der Waals surface area contributed by atoms with Gasteiger partial charge in [0.1, 0.15) is 0 Å². The Morgan fingerprint density at radius 2 is 1.36 bits per heavy atom. The quantitative estimate of drug-likeness (QED) is 0.866. The molecule has 0 unspecified atom stereocenters. The summed E-state index contributed by atoms with van der Waals surface area (Å²) in [7, 11) is -2.13. The van der Waals surface area contributed by atoms with Gasteiger partial charge in [0.2, 0.25) is 10.0 Å². The molecule has 2 rings (SSSR count). The van der Waals surface area contributed by atoms with Crippen molar-refractivity contribution >= 4 is 10.0 Å². The van der Waals surface area contributed by atoms with Crippen LogP contribution >= 0.6 is 0 Å². The molecule has 0 heterocycles. The van der Waals surface area contributed by atoms with Crippen LogP contribution in [-0.4, -0.2) is 19.8 Å². The van der Waals surface area contributed by atoms with E-state index in [4.69, 9.17) is 10.5 Å². The van der Waals surface area contributed by atoms with E-state index in [-0.39, 0.29) is 11.4 Å². The summed E-state index contributed by atoms with van der Waals surface area (Å²) in [4.78, 5) is 0.141. The summed E-state index contributed by atoms with van der Waals surface area (Å²) in [5.74, 6) is 0. The number of nitrogens with zero attached hydrogens (tertiary/aromatic N) is 3. The molecule has 5 nitrogen and oxygen atoms in total. The predicted molar refractivity (Wildman–Crippen MR) is 81.0 cm³/mol. The van der Waals surface area contributed by atoms with Gasteiger partial charge in [0.15, 0.2) is 0 Å². The number of hydrogen-bond donors (Lipinski definition) is 0. The molecule has 22 heavy (non-hydrogen) atoms. The topological polar surface area (TPSA) is 85.0 Å². The lowest BCUT2D eigenvalue weighted by molar-refractivity contribution is 0.466. The molecule has 0 aliphatic carbocycles. The highest BCUT2D eigenvalue weighted by molar-refractivity contribution is 7.89. The molecule has 0 aliphatic heterocycles. The summed E-state index contributed by atoms with van der Waals surface area (Å²) >= 11 is 0. The van der Waals surface area contributed by atoms with Gasteiger partial charge in [-0.05, 0) is 42.0 Å². The van der Waals surface area contributed by atoms with Crippen LogP contribution in [0.15, 0.2) is 53.4 Å². The van der Waals surface area contributed by atoms with Gasteiger partial charge >= 0.3 is 0 Å². The molecule has 0 aromatic heterocycles. The molecule has 2 aromatic rings. The number of benzene rings is 2. The maximum atomic E-state index is 12.4. The first-order valence-electron chi connectivity index (χ1n) is 6.43. The first-order chi connectivity index (χ1) is 10.5. The zero-order chi connectivity index (χ0) is 16.2. The lowest BCUT2D eigenvalue weighted by atomic mass is 10.1. The zero-order valence-electron chi connectivity index (χ0n) is 11.9. The van der Waals surface area contributed by atoms with Crippen LogP contribution in [0.5, 0.6) is 0 Å². The van der Waals surface area contributed by atoms with Crippen molar-refractivity contribution in [2.24, 2.45) is 0 Å². The second-order valence-electron chi connectivity index (χ2n) is 4.71. The Balaban J connectivity index is 2.20. The van der Waals surface area contributed by atoms with Gasteiger partial charge < -0.3 is 0 Å². The van der Waals surface area contributed by atoms with Gasteiger partial charge in [-0.25, -0.2) is 8.42 Å². The van der Waals surface area contributed by atoms with Crippen LogP contribution in [0.1, 0.15) is 16.7 Å². The van der Waals surface area contributed by atoms with E-state index in [9.17, 15) is 8.42 Å². The molecule has 0 aliphatic rings. The van der Waals surface area contributed by atoms with Gasteiger partial charge in [-0.2, -0.15) is 14.8 Å². The summed E-state index contributed by atoms with van der Waals surface area (Å²) in [6.07, 6.45) is 0. The van der Waals surface area contributed by atoms with E-state index < -0.39 is 10.0 Å². The molecular weight excluding hydrogens is 298 g/mol.